The molecule has 8 nitrogen and oxygen atoms in total. The molecule has 0 aliphatic carbocycles. The van der Waals surface area contributed by atoms with Crippen molar-refractivity contribution in [3.63, 3.8) is 0 Å². The molecule has 0 aromatic heterocycles. The van der Waals surface area contributed by atoms with Crippen LogP contribution in [-0.4, -0.2) is 56.2 Å². The minimum Gasteiger partial charge on any atom is -0.456 e. The van der Waals surface area contributed by atoms with Crippen LogP contribution in [0.5, 0.6) is 0 Å². The van der Waals surface area contributed by atoms with Crippen molar-refractivity contribution < 1.29 is 38.0 Å². The molecule has 2 aliphatic rings. The molecule has 5 atom stereocenters. The number of ether oxygens (including phenoxy) is 6. The van der Waals surface area contributed by atoms with E-state index in [0.29, 0.717) is 0 Å². The Kier molecular flexibility index (Phi) is 4.28. The fourth-order valence-electron chi connectivity index (χ4n) is 2.20. The lowest BCUT2D eigenvalue weighted by Crippen LogP contribution is -2.54. The highest BCUT2D eigenvalue weighted by Crippen LogP contribution is 2.36. The first kappa shape index (κ1) is 15.2. The number of esters is 2. The van der Waals surface area contributed by atoms with Crippen LogP contribution >= 0.6 is 0 Å². The minimum absolute atomic E-state index is 0.0435. The molecule has 0 aromatic carbocycles. The van der Waals surface area contributed by atoms with Gasteiger partial charge in [0.25, 0.3) is 5.97 Å². The van der Waals surface area contributed by atoms with Crippen LogP contribution in [0.4, 0.5) is 0 Å². The second-order valence-corrected chi connectivity index (χ2v) is 4.69. The molecule has 0 saturated carbocycles. The van der Waals surface area contributed by atoms with Gasteiger partial charge in [-0.3, -0.25) is 14.3 Å². The van der Waals surface area contributed by atoms with Crippen LogP contribution in [0, 0.1) is 0 Å². The summed E-state index contributed by atoms with van der Waals surface area (Å²) >= 11 is 0. The molecular weight excluding hydrogens is 272 g/mol. The quantitative estimate of drug-likeness (QED) is 0.668. The van der Waals surface area contributed by atoms with E-state index in [2.05, 4.69) is 0 Å². The van der Waals surface area contributed by atoms with Gasteiger partial charge in [-0.05, 0) is 0 Å². The molecule has 0 bridgehead atoms. The van der Waals surface area contributed by atoms with Crippen molar-refractivity contribution in [1.29, 1.82) is 0 Å². The van der Waals surface area contributed by atoms with Crippen molar-refractivity contribution in [3.8, 4) is 0 Å². The molecule has 0 radical (unpaired) electrons. The van der Waals surface area contributed by atoms with E-state index in [1.807, 2.05) is 0 Å². The highest BCUT2D eigenvalue weighted by atomic mass is 16.9. The molecule has 2 aliphatic heterocycles. The van der Waals surface area contributed by atoms with Crippen molar-refractivity contribution in [2.75, 3.05) is 13.7 Å². The van der Waals surface area contributed by atoms with Crippen LogP contribution in [0.1, 0.15) is 20.8 Å². The van der Waals surface area contributed by atoms with Crippen LogP contribution in [0.3, 0.4) is 0 Å². The third-order valence-electron chi connectivity index (χ3n) is 3.05. The normalized spacial score (nSPS) is 40.0. The summed E-state index contributed by atoms with van der Waals surface area (Å²) in [5, 5.41) is 0. The summed E-state index contributed by atoms with van der Waals surface area (Å²) in [5.41, 5.74) is 0. The van der Waals surface area contributed by atoms with Gasteiger partial charge in [0, 0.05) is 27.9 Å². The van der Waals surface area contributed by atoms with Crippen molar-refractivity contribution >= 4 is 11.9 Å². The highest BCUT2D eigenvalue weighted by molar-refractivity contribution is 5.67. The van der Waals surface area contributed by atoms with Gasteiger partial charge in [-0.1, -0.05) is 0 Å². The molecular formula is C12H18O8. The molecule has 2 rings (SSSR count). The second-order valence-electron chi connectivity index (χ2n) is 4.69. The standard InChI is InChI=1S/C12H18O8/c1-6(13)17-8-5-16-11-10(9(8)18-7(2)14)19-12(3,15-4)20-11/h8-11H,5H2,1-4H3/t8-,9+,10-,11-,12?/m1/s1. The highest BCUT2D eigenvalue weighted by Gasteiger charge is 2.56. The molecule has 2 heterocycles. The first-order valence-corrected chi connectivity index (χ1v) is 6.21. The molecule has 8 heteroatoms. The Morgan fingerprint density at radius 2 is 1.80 bits per heavy atom. The van der Waals surface area contributed by atoms with E-state index >= 15 is 0 Å². The molecule has 0 spiro atoms. The van der Waals surface area contributed by atoms with Crippen molar-refractivity contribution in [2.24, 2.45) is 0 Å². The van der Waals surface area contributed by atoms with E-state index in [9.17, 15) is 9.59 Å². The van der Waals surface area contributed by atoms with Gasteiger partial charge >= 0.3 is 11.9 Å². The van der Waals surface area contributed by atoms with E-state index in [1.54, 1.807) is 6.92 Å². The van der Waals surface area contributed by atoms with Gasteiger partial charge in [-0.25, -0.2) is 0 Å². The number of hydrogen-bond acceptors (Lipinski definition) is 8. The number of hydrogen-bond donors (Lipinski definition) is 0. The van der Waals surface area contributed by atoms with Gasteiger partial charge in [0.05, 0.1) is 6.61 Å². The molecule has 0 amide bonds. The van der Waals surface area contributed by atoms with E-state index in [1.165, 1.54) is 21.0 Å². The van der Waals surface area contributed by atoms with Crippen LogP contribution in [0.15, 0.2) is 0 Å². The summed E-state index contributed by atoms with van der Waals surface area (Å²) in [7, 11) is 1.42. The van der Waals surface area contributed by atoms with Crippen LogP contribution in [0.2, 0.25) is 0 Å². The van der Waals surface area contributed by atoms with Crippen LogP contribution in [-0.2, 0) is 38.0 Å². The van der Waals surface area contributed by atoms with E-state index in [-0.39, 0.29) is 6.61 Å². The Hall–Kier alpha value is -1.22. The van der Waals surface area contributed by atoms with Gasteiger partial charge in [-0.2, -0.15) is 0 Å². The fraction of sp³-hybridized carbons (Fsp3) is 0.833. The summed E-state index contributed by atoms with van der Waals surface area (Å²) in [4.78, 5) is 22.3. The lowest BCUT2D eigenvalue weighted by molar-refractivity contribution is -0.331. The van der Waals surface area contributed by atoms with Crippen LogP contribution in [0.25, 0.3) is 0 Å². The van der Waals surface area contributed by atoms with Gasteiger partial charge in [0.2, 0.25) is 0 Å². The SMILES string of the molecule is COC1(C)O[C@H]2OC[C@@H](OC(C)=O)[C@H](OC(C)=O)[C@H]2O1. The molecule has 20 heavy (non-hydrogen) atoms. The van der Waals surface area contributed by atoms with E-state index in [4.69, 9.17) is 28.4 Å². The van der Waals surface area contributed by atoms with Gasteiger partial charge in [0.1, 0.15) is 0 Å². The number of rotatable bonds is 3. The van der Waals surface area contributed by atoms with Gasteiger partial charge in [-0.15, -0.1) is 0 Å². The average Bonchev–Trinajstić information content (AvgIpc) is 2.69. The van der Waals surface area contributed by atoms with E-state index < -0.39 is 42.5 Å². The average molecular weight is 290 g/mol. The lowest BCUT2D eigenvalue weighted by Gasteiger charge is -2.35. The third-order valence-corrected chi connectivity index (χ3v) is 3.05. The lowest BCUT2D eigenvalue weighted by atomic mass is 10.1. The van der Waals surface area contributed by atoms with E-state index in [0.717, 1.165) is 0 Å². The van der Waals surface area contributed by atoms with Crippen LogP contribution < -0.4 is 0 Å². The minimum atomic E-state index is -1.29. The van der Waals surface area contributed by atoms with Crippen molar-refractivity contribution in [2.45, 2.75) is 51.3 Å². The smallest absolute Gasteiger partial charge is 0.303 e. The molecule has 114 valence electrons. The summed E-state index contributed by atoms with van der Waals surface area (Å²) in [6, 6.07) is 0. The number of carbonyl (C=O) groups excluding carboxylic acids is 2. The van der Waals surface area contributed by atoms with Crippen molar-refractivity contribution in [3.05, 3.63) is 0 Å². The summed E-state index contributed by atoms with van der Waals surface area (Å²) < 4.78 is 31.9. The number of fused-ring (bicyclic) bond motifs is 1. The summed E-state index contributed by atoms with van der Waals surface area (Å²) in [6.07, 6.45) is -3.05. The zero-order chi connectivity index (χ0) is 14.9. The maximum Gasteiger partial charge on any atom is 0.303 e. The first-order valence-electron chi connectivity index (χ1n) is 6.21. The monoisotopic (exact) mass is 290 g/mol. The second kappa shape index (κ2) is 5.65. The fourth-order valence-corrected chi connectivity index (χ4v) is 2.20. The van der Waals surface area contributed by atoms with Gasteiger partial charge < -0.3 is 23.7 Å². The Labute approximate surface area is 116 Å². The third kappa shape index (κ3) is 3.09. The predicted molar refractivity (Wildman–Crippen MR) is 62.2 cm³/mol. The molecule has 0 aromatic rings. The topological polar surface area (TPSA) is 89.5 Å². The first-order chi connectivity index (χ1) is 9.34. The molecule has 2 fully saturated rings. The van der Waals surface area contributed by atoms with Crippen molar-refractivity contribution in [1.82, 2.24) is 0 Å². The maximum absolute atomic E-state index is 11.2. The zero-order valence-corrected chi connectivity index (χ0v) is 11.8. The molecule has 2 saturated heterocycles. The number of methoxy groups -OCH3 is 1. The maximum atomic E-state index is 11.2. The number of carbonyl (C=O) groups is 2. The largest absolute Gasteiger partial charge is 0.456 e. The van der Waals surface area contributed by atoms with Gasteiger partial charge in [0.15, 0.2) is 24.6 Å². The summed E-state index contributed by atoms with van der Waals surface area (Å²) in [5.74, 6) is -2.30. The Bertz CT molecular complexity index is 397. The zero-order valence-electron chi connectivity index (χ0n) is 11.8. The molecule has 0 N–H and O–H groups in total. The Balaban J connectivity index is 2.16. The Morgan fingerprint density at radius 3 is 2.35 bits per heavy atom. The predicted octanol–water partition coefficient (Wildman–Crippen LogP) is -0.0584. The Morgan fingerprint density at radius 1 is 1.15 bits per heavy atom. The summed E-state index contributed by atoms with van der Waals surface area (Å²) in [6.45, 7) is 4.14. The molecule has 1 unspecified atom stereocenters.